The van der Waals surface area contributed by atoms with Gasteiger partial charge in [0, 0.05) is 7.11 Å². The number of aliphatic hydroxyl groups excluding tert-OH is 1. The van der Waals surface area contributed by atoms with Crippen LogP contribution in [0.4, 0.5) is 0 Å². The predicted octanol–water partition coefficient (Wildman–Crippen LogP) is 1.89. The number of benzene rings is 1. The van der Waals surface area contributed by atoms with Gasteiger partial charge in [-0.1, -0.05) is 24.3 Å². The van der Waals surface area contributed by atoms with Crippen LogP contribution in [0.5, 0.6) is 0 Å². The Bertz CT molecular complexity index is 243. The van der Waals surface area contributed by atoms with Crippen molar-refractivity contribution in [1.82, 2.24) is 0 Å². The van der Waals surface area contributed by atoms with E-state index in [1.54, 1.807) is 14.0 Å². The molecule has 0 bridgehead atoms. The Kier molecular flexibility index (Phi) is 3.26. The molecule has 0 heterocycles. The molecule has 0 aromatic heterocycles. The summed E-state index contributed by atoms with van der Waals surface area (Å²) in [5.74, 6) is 0. The van der Waals surface area contributed by atoms with E-state index in [9.17, 15) is 5.11 Å². The fraction of sp³-hybridized carbons (Fsp3) is 0.400. The van der Waals surface area contributed by atoms with Gasteiger partial charge < -0.3 is 9.84 Å². The highest BCUT2D eigenvalue weighted by molar-refractivity contribution is 5.27. The second-order valence-corrected chi connectivity index (χ2v) is 2.81. The Morgan fingerprint density at radius 3 is 2.67 bits per heavy atom. The molecule has 2 nitrogen and oxygen atoms in total. The highest BCUT2D eigenvalue weighted by Crippen LogP contribution is 2.17. The van der Waals surface area contributed by atoms with Gasteiger partial charge in [0.05, 0.1) is 12.7 Å². The summed E-state index contributed by atoms with van der Waals surface area (Å²) < 4.78 is 5.01. The van der Waals surface area contributed by atoms with Crippen molar-refractivity contribution in [3.63, 3.8) is 0 Å². The summed E-state index contributed by atoms with van der Waals surface area (Å²) in [6, 6.07) is 7.74. The summed E-state index contributed by atoms with van der Waals surface area (Å²) >= 11 is 0. The summed E-state index contributed by atoms with van der Waals surface area (Å²) in [7, 11) is 1.65. The molecule has 0 aliphatic carbocycles. The Morgan fingerprint density at radius 1 is 1.42 bits per heavy atom. The molecule has 1 N–H and O–H groups in total. The fourth-order valence-corrected chi connectivity index (χ4v) is 1.23. The van der Waals surface area contributed by atoms with Crippen molar-refractivity contribution in [2.75, 3.05) is 7.11 Å². The zero-order valence-electron chi connectivity index (χ0n) is 7.45. The number of ether oxygens (including phenoxy) is 1. The molecule has 1 atom stereocenters. The minimum absolute atomic E-state index is 0.420. The molecule has 0 saturated carbocycles. The lowest BCUT2D eigenvalue weighted by atomic mass is 10.0. The maximum atomic E-state index is 9.38. The summed E-state index contributed by atoms with van der Waals surface area (Å²) in [6.07, 6.45) is -0.420. The van der Waals surface area contributed by atoms with Gasteiger partial charge in [0.1, 0.15) is 0 Å². The summed E-state index contributed by atoms with van der Waals surface area (Å²) in [5, 5.41) is 9.38. The van der Waals surface area contributed by atoms with Gasteiger partial charge >= 0.3 is 0 Å². The van der Waals surface area contributed by atoms with Crippen molar-refractivity contribution in [3.8, 4) is 0 Å². The SMILES string of the molecule is COCc1ccccc1[C@@H](C)O. The largest absolute Gasteiger partial charge is 0.389 e. The van der Waals surface area contributed by atoms with Gasteiger partial charge in [-0.3, -0.25) is 0 Å². The van der Waals surface area contributed by atoms with E-state index in [1.807, 2.05) is 24.3 Å². The number of methoxy groups -OCH3 is 1. The van der Waals surface area contributed by atoms with E-state index >= 15 is 0 Å². The first kappa shape index (κ1) is 9.23. The third kappa shape index (κ3) is 2.06. The maximum absolute atomic E-state index is 9.38. The average Bonchev–Trinajstić information content (AvgIpc) is 2.05. The van der Waals surface area contributed by atoms with Crippen molar-refractivity contribution >= 4 is 0 Å². The molecule has 1 aromatic rings. The lowest BCUT2D eigenvalue weighted by molar-refractivity contribution is 0.171. The Labute approximate surface area is 72.8 Å². The standard InChI is InChI=1S/C10H14O2/c1-8(11)10-6-4-3-5-9(10)7-12-2/h3-6,8,11H,7H2,1-2H3/t8-/m1/s1. The molecule has 1 rings (SSSR count). The first-order valence-electron chi connectivity index (χ1n) is 4.00. The predicted molar refractivity (Wildman–Crippen MR) is 47.8 cm³/mol. The first-order chi connectivity index (χ1) is 5.75. The second-order valence-electron chi connectivity index (χ2n) is 2.81. The minimum Gasteiger partial charge on any atom is -0.389 e. The van der Waals surface area contributed by atoms with E-state index in [4.69, 9.17) is 4.74 Å². The lowest BCUT2D eigenvalue weighted by Gasteiger charge is -2.10. The van der Waals surface area contributed by atoms with Gasteiger partial charge in [-0.05, 0) is 18.1 Å². The molecule has 0 aliphatic heterocycles. The molecule has 0 amide bonds. The third-order valence-corrected chi connectivity index (χ3v) is 1.81. The Morgan fingerprint density at radius 2 is 2.08 bits per heavy atom. The molecular formula is C10H14O2. The van der Waals surface area contributed by atoms with Crippen LogP contribution >= 0.6 is 0 Å². The van der Waals surface area contributed by atoms with Gasteiger partial charge in [0.25, 0.3) is 0 Å². The zero-order valence-corrected chi connectivity index (χ0v) is 7.45. The van der Waals surface area contributed by atoms with Crippen LogP contribution < -0.4 is 0 Å². The molecule has 0 unspecified atom stereocenters. The van der Waals surface area contributed by atoms with Gasteiger partial charge in [0.15, 0.2) is 0 Å². The van der Waals surface area contributed by atoms with E-state index in [2.05, 4.69) is 0 Å². The van der Waals surface area contributed by atoms with Gasteiger partial charge in [-0.15, -0.1) is 0 Å². The van der Waals surface area contributed by atoms with Crippen LogP contribution in [0.25, 0.3) is 0 Å². The second kappa shape index (κ2) is 4.24. The highest BCUT2D eigenvalue weighted by Gasteiger charge is 2.05. The first-order valence-corrected chi connectivity index (χ1v) is 4.00. The van der Waals surface area contributed by atoms with Gasteiger partial charge in [-0.2, -0.15) is 0 Å². The average molecular weight is 166 g/mol. The third-order valence-electron chi connectivity index (χ3n) is 1.81. The van der Waals surface area contributed by atoms with Crippen molar-refractivity contribution < 1.29 is 9.84 Å². The number of hydrogen-bond donors (Lipinski definition) is 1. The van der Waals surface area contributed by atoms with E-state index in [0.717, 1.165) is 11.1 Å². The van der Waals surface area contributed by atoms with Crippen LogP contribution in [-0.4, -0.2) is 12.2 Å². The van der Waals surface area contributed by atoms with E-state index < -0.39 is 6.10 Å². The van der Waals surface area contributed by atoms with Crippen molar-refractivity contribution in [2.45, 2.75) is 19.6 Å². The van der Waals surface area contributed by atoms with E-state index in [-0.39, 0.29) is 0 Å². The Hall–Kier alpha value is -0.860. The molecule has 2 heteroatoms. The number of rotatable bonds is 3. The maximum Gasteiger partial charge on any atom is 0.0765 e. The molecule has 0 fully saturated rings. The molecule has 0 radical (unpaired) electrons. The zero-order chi connectivity index (χ0) is 8.97. The lowest BCUT2D eigenvalue weighted by Crippen LogP contribution is -1.98. The summed E-state index contributed by atoms with van der Waals surface area (Å²) in [4.78, 5) is 0. The number of hydrogen-bond acceptors (Lipinski definition) is 2. The molecule has 1 aromatic carbocycles. The van der Waals surface area contributed by atoms with E-state index in [0.29, 0.717) is 6.61 Å². The minimum atomic E-state index is -0.420. The number of aliphatic hydroxyl groups is 1. The molecule has 12 heavy (non-hydrogen) atoms. The monoisotopic (exact) mass is 166 g/mol. The van der Waals surface area contributed by atoms with Crippen LogP contribution in [-0.2, 0) is 11.3 Å². The van der Waals surface area contributed by atoms with Crippen LogP contribution in [0, 0.1) is 0 Å². The Balaban J connectivity index is 2.92. The fourth-order valence-electron chi connectivity index (χ4n) is 1.23. The normalized spacial score (nSPS) is 12.9. The topological polar surface area (TPSA) is 29.5 Å². The van der Waals surface area contributed by atoms with Crippen molar-refractivity contribution in [2.24, 2.45) is 0 Å². The van der Waals surface area contributed by atoms with Crippen LogP contribution in [0.3, 0.4) is 0 Å². The van der Waals surface area contributed by atoms with Gasteiger partial charge in [0.2, 0.25) is 0 Å². The molecule has 66 valence electrons. The quantitative estimate of drug-likeness (QED) is 0.743. The smallest absolute Gasteiger partial charge is 0.0765 e. The molecular weight excluding hydrogens is 152 g/mol. The molecule has 0 aliphatic rings. The molecule has 0 spiro atoms. The summed E-state index contributed by atoms with van der Waals surface area (Å²) in [5.41, 5.74) is 1.99. The highest BCUT2D eigenvalue weighted by atomic mass is 16.5. The van der Waals surface area contributed by atoms with Crippen molar-refractivity contribution in [3.05, 3.63) is 35.4 Å². The van der Waals surface area contributed by atoms with Gasteiger partial charge in [-0.25, -0.2) is 0 Å². The summed E-state index contributed by atoms with van der Waals surface area (Å²) in [6.45, 7) is 2.32. The van der Waals surface area contributed by atoms with Crippen LogP contribution in [0.2, 0.25) is 0 Å². The van der Waals surface area contributed by atoms with E-state index in [1.165, 1.54) is 0 Å². The van der Waals surface area contributed by atoms with Crippen LogP contribution in [0.1, 0.15) is 24.2 Å². The van der Waals surface area contributed by atoms with Crippen LogP contribution in [0.15, 0.2) is 24.3 Å². The molecule has 0 saturated heterocycles. The van der Waals surface area contributed by atoms with Crippen molar-refractivity contribution in [1.29, 1.82) is 0 Å².